The van der Waals surface area contributed by atoms with Crippen molar-refractivity contribution in [3.63, 3.8) is 0 Å². The maximum atomic E-state index is 13.5. The molecule has 1 N–H and O–H groups in total. The first-order valence-electron chi connectivity index (χ1n) is 7.49. The molecule has 0 aromatic heterocycles. The van der Waals surface area contributed by atoms with Crippen LogP contribution in [-0.2, 0) is 4.79 Å². The topological polar surface area (TPSA) is 32.3 Å². The quantitative estimate of drug-likeness (QED) is 0.894. The van der Waals surface area contributed by atoms with Crippen LogP contribution in [-0.4, -0.2) is 24.4 Å². The summed E-state index contributed by atoms with van der Waals surface area (Å²) >= 11 is 0. The average molecular weight is 336 g/mol. The van der Waals surface area contributed by atoms with Crippen molar-refractivity contribution in [1.82, 2.24) is 4.90 Å². The summed E-state index contributed by atoms with van der Waals surface area (Å²) in [4.78, 5) is 13.8. The minimum absolute atomic E-state index is 0.0235. The molecule has 1 unspecified atom stereocenters. The van der Waals surface area contributed by atoms with Crippen LogP contribution in [0.25, 0.3) is 0 Å². The van der Waals surface area contributed by atoms with Gasteiger partial charge in [0, 0.05) is 11.7 Å². The molecule has 0 spiro atoms. The highest BCUT2D eigenvalue weighted by molar-refractivity contribution is 5.92. The van der Waals surface area contributed by atoms with E-state index in [-0.39, 0.29) is 18.5 Å². The Morgan fingerprint density at radius 2 is 1.79 bits per heavy atom. The summed E-state index contributed by atoms with van der Waals surface area (Å²) in [6.45, 7) is 3.44. The van der Waals surface area contributed by atoms with Gasteiger partial charge in [-0.05, 0) is 56.3 Å². The van der Waals surface area contributed by atoms with Crippen molar-refractivity contribution in [3.05, 3.63) is 65.0 Å². The van der Waals surface area contributed by atoms with Crippen molar-refractivity contribution in [1.29, 1.82) is 0 Å². The molecule has 1 amide bonds. The molecule has 0 fully saturated rings. The van der Waals surface area contributed by atoms with Gasteiger partial charge in [-0.15, -0.1) is 0 Å². The minimum atomic E-state index is -0.924. The smallest absolute Gasteiger partial charge is 0.238 e. The number of rotatable bonds is 5. The Morgan fingerprint density at radius 1 is 1.08 bits per heavy atom. The van der Waals surface area contributed by atoms with Gasteiger partial charge < -0.3 is 5.32 Å². The second-order valence-electron chi connectivity index (χ2n) is 5.78. The predicted molar refractivity (Wildman–Crippen MR) is 87.2 cm³/mol. The number of hydrogen-bond donors (Lipinski definition) is 1. The SMILES string of the molecule is Cc1ccc(NC(=O)CN(C)C(C)c2ccc(F)c(F)c2)cc1F. The van der Waals surface area contributed by atoms with E-state index in [1.54, 1.807) is 37.9 Å². The van der Waals surface area contributed by atoms with E-state index in [1.807, 2.05) is 0 Å². The molecule has 0 saturated heterocycles. The standard InChI is InChI=1S/C18H19F3N2O/c1-11-4-6-14(9-16(11)20)22-18(24)10-23(3)12(2)13-5-7-15(19)17(21)8-13/h4-9,12H,10H2,1-3H3,(H,22,24). The molecule has 24 heavy (non-hydrogen) atoms. The molecular weight excluding hydrogens is 317 g/mol. The Kier molecular flexibility index (Phi) is 5.62. The molecule has 6 heteroatoms. The Hall–Kier alpha value is -2.34. The lowest BCUT2D eigenvalue weighted by Gasteiger charge is -2.24. The summed E-state index contributed by atoms with van der Waals surface area (Å²) in [5.74, 6) is -2.55. The molecule has 0 aliphatic rings. The summed E-state index contributed by atoms with van der Waals surface area (Å²) in [5, 5.41) is 2.61. The normalized spacial score (nSPS) is 12.3. The van der Waals surface area contributed by atoms with Crippen LogP contribution in [0, 0.1) is 24.4 Å². The number of halogens is 3. The third-order valence-corrected chi connectivity index (χ3v) is 3.94. The number of likely N-dealkylation sites (N-methyl/N-ethyl adjacent to an activating group) is 1. The Labute approximate surface area is 139 Å². The van der Waals surface area contributed by atoms with Gasteiger partial charge in [-0.2, -0.15) is 0 Å². The Balaban J connectivity index is 1.99. The maximum Gasteiger partial charge on any atom is 0.238 e. The third-order valence-electron chi connectivity index (χ3n) is 3.94. The van der Waals surface area contributed by atoms with Crippen LogP contribution in [0.2, 0.25) is 0 Å². The van der Waals surface area contributed by atoms with Crippen LogP contribution >= 0.6 is 0 Å². The van der Waals surface area contributed by atoms with Crippen LogP contribution in [0.4, 0.5) is 18.9 Å². The van der Waals surface area contributed by atoms with Gasteiger partial charge in [0.25, 0.3) is 0 Å². The number of anilines is 1. The van der Waals surface area contributed by atoms with E-state index in [2.05, 4.69) is 5.32 Å². The lowest BCUT2D eigenvalue weighted by Crippen LogP contribution is -2.32. The first kappa shape index (κ1) is 18.0. The van der Waals surface area contributed by atoms with Crippen LogP contribution < -0.4 is 5.32 Å². The number of aryl methyl sites for hydroxylation is 1. The van der Waals surface area contributed by atoms with Crippen LogP contribution in [0.5, 0.6) is 0 Å². The molecule has 2 aromatic carbocycles. The average Bonchev–Trinajstić information content (AvgIpc) is 2.52. The zero-order chi connectivity index (χ0) is 17.9. The number of carbonyl (C=O) groups is 1. The first-order valence-corrected chi connectivity index (χ1v) is 7.49. The molecule has 0 aliphatic heterocycles. The number of nitrogens with one attached hydrogen (secondary N) is 1. The second kappa shape index (κ2) is 7.49. The fraction of sp³-hybridized carbons (Fsp3) is 0.278. The highest BCUT2D eigenvalue weighted by atomic mass is 19.2. The van der Waals surface area contributed by atoms with Crippen molar-refractivity contribution >= 4 is 11.6 Å². The minimum Gasteiger partial charge on any atom is -0.325 e. The number of benzene rings is 2. The molecule has 0 heterocycles. The predicted octanol–water partition coefficient (Wildman–Crippen LogP) is 4.04. The zero-order valence-electron chi connectivity index (χ0n) is 13.7. The molecule has 2 rings (SSSR count). The van der Waals surface area contributed by atoms with Gasteiger partial charge in [0.1, 0.15) is 5.82 Å². The van der Waals surface area contributed by atoms with E-state index in [1.165, 1.54) is 12.1 Å². The Morgan fingerprint density at radius 3 is 2.42 bits per heavy atom. The van der Waals surface area contributed by atoms with Crippen molar-refractivity contribution in [2.24, 2.45) is 0 Å². The van der Waals surface area contributed by atoms with Crippen molar-refractivity contribution in [2.75, 3.05) is 18.9 Å². The fourth-order valence-corrected chi connectivity index (χ4v) is 2.26. The molecule has 0 bridgehead atoms. The number of hydrogen-bond acceptors (Lipinski definition) is 2. The van der Waals surface area contributed by atoms with E-state index in [4.69, 9.17) is 0 Å². The molecule has 0 aliphatic carbocycles. The van der Waals surface area contributed by atoms with Gasteiger partial charge in [-0.3, -0.25) is 9.69 Å². The lowest BCUT2D eigenvalue weighted by molar-refractivity contribution is -0.117. The molecule has 0 radical (unpaired) electrons. The van der Waals surface area contributed by atoms with Crippen LogP contribution in [0.3, 0.4) is 0 Å². The zero-order valence-corrected chi connectivity index (χ0v) is 13.7. The molecular formula is C18H19F3N2O. The first-order chi connectivity index (χ1) is 11.3. The highest BCUT2D eigenvalue weighted by Gasteiger charge is 2.16. The summed E-state index contributed by atoms with van der Waals surface area (Å²) in [6.07, 6.45) is 0. The summed E-state index contributed by atoms with van der Waals surface area (Å²) < 4.78 is 39.8. The van der Waals surface area contributed by atoms with Gasteiger partial charge in [0.15, 0.2) is 11.6 Å². The summed E-state index contributed by atoms with van der Waals surface area (Å²) in [5.41, 5.74) is 1.43. The number of carbonyl (C=O) groups excluding carboxylic acids is 1. The molecule has 1 atom stereocenters. The van der Waals surface area contributed by atoms with Crippen molar-refractivity contribution in [3.8, 4) is 0 Å². The van der Waals surface area contributed by atoms with Gasteiger partial charge >= 0.3 is 0 Å². The fourth-order valence-electron chi connectivity index (χ4n) is 2.26. The summed E-state index contributed by atoms with van der Waals surface area (Å²) in [6, 6.07) is 7.82. The third kappa shape index (κ3) is 4.35. The van der Waals surface area contributed by atoms with E-state index >= 15 is 0 Å². The monoisotopic (exact) mass is 336 g/mol. The maximum absolute atomic E-state index is 13.5. The Bertz CT molecular complexity index is 749. The summed E-state index contributed by atoms with van der Waals surface area (Å²) in [7, 11) is 1.70. The highest BCUT2D eigenvalue weighted by Crippen LogP contribution is 2.21. The van der Waals surface area contributed by atoms with E-state index < -0.39 is 17.5 Å². The number of nitrogens with zero attached hydrogens (tertiary/aromatic N) is 1. The van der Waals surface area contributed by atoms with Gasteiger partial charge in [0.05, 0.1) is 6.54 Å². The second-order valence-corrected chi connectivity index (χ2v) is 5.78. The number of amides is 1. The molecule has 2 aromatic rings. The van der Waals surface area contributed by atoms with Crippen LogP contribution in [0.1, 0.15) is 24.1 Å². The van der Waals surface area contributed by atoms with Crippen molar-refractivity contribution < 1.29 is 18.0 Å². The molecule has 0 saturated carbocycles. The van der Waals surface area contributed by atoms with E-state index in [0.29, 0.717) is 16.8 Å². The van der Waals surface area contributed by atoms with Gasteiger partial charge in [-0.25, -0.2) is 13.2 Å². The van der Waals surface area contributed by atoms with E-state index in [9.17, 15) is 18.0 Å². The molecule has 3 nitrogen and oxygen atoms in total. The van der Waals surface area contributed by atoms with Crippen molar-refractivity contribution in [2.45, 2.75) is 19.9 Å². The van der Waals surface area contributed by atoms with Crippen LogP contribution in [0.15, 0.2) is 36.4 Å². The van der Waals surface area contributed by atoms with Gasteiger partial charge in [-0.1, -0.05) is 12.1 Å². The largest absolute Gasteiger partial charge is 0.325 e. The van der Waals surface area contributed by atoms with E-state index in [0.717, 1.165) is 12.1 Å². The lowest BCUT2D eigenvalue weighted by atomic mass is 10.1. The molecule has 128 valence electrons. The van der Waals surface area contributed by atoms with Gasteiger partial charge in [0.2, 0.25) is 5.91 Å².